The number of carbonyl (C=O) groups is 1. The lowest BCUT2D eigenvalue weighted by Crippen LogP contribution is -2.41. The number of rotatable bonds is 8. The summed E-state index contributed by atoms with van der Waals surface area (Å²) in [5.41, 5.74) is -0.0983. The number of nitrogens with one attached hydrogen (secondary N) is 2. The van der Waals surface area contributed by atoms with Crippen molar-refractivity contribution in [1.82, 2.24) is 19.9 Å². The highest BCUT2D eigenvalue weighted by molar-refractivity contribution is 6.29. The Morgan fingerprint density at radius 1 is 1.28 bits per heavy atom. The maximum atomic E-state index is 14.4. The van der Waals surface area contributed by atoms with E-state index in [1.165, 1.54) is 12.1 Å². The molecule has 3 aromatic rings. The van der Waals surface area contributed by atoms with Crippen LogP contribution in [-0.4, -0.2) is 27.0 Å². The Morgan fingerprint density at radius 3 is 2.78 bits per heavy atom. The molecule has 0 radical (unpaired) electrons. The summed E-state index contributed by atoms with van der Waals surface area (Å²) in [5.74, 6) is -4.55. The minimum Gasteiger partial charge on any atom is -0.618 e. The first-order valence-corrected chi connectivity index (χ1v) is 9.80. The average molecular weight is 465 g/mol. The highest BCUT2D eigenvalue weighted by Gasteiger charge is 2.39. The minimum absolute atomic E-state index is 0.0445. The fourth-order valence-electron chi connectivity index (χ4n) is 2.82. The molecule has 0 spiro atoms. The van der Waals surface area contributed by atoms with E-state index in [1.807, 2.05) is 13.0 Å². The Kier molecular flexibility index (Phi) is 6.98. The van der Waals surface area contributed by atoms with Crippen LogP contribution < -0.4 is 20.9 Å². The molecule has 0 unspecified atom stereocenters. The Hall–Kier alpha value is -3.60. The summed E-state index contributed by atoms with van der Waals surface area (Å²) in [4.78, 5) is 32.8. The zero-order chi connectivity index (χ0) is 23.3. The van der Waals surface area contributed by atoms with Crippen molar-refractivity contribution in [3.63, 3.8) is 0 Å². The van der Waals surface area contributed by atoms with Crippen molar-refractivity contribution in [1.29, 1.82) is 0 Å². The molecule has 0 aliphatic rings. The van der Waals surface area contributed by atoms with Crippen LogP contribution >= 0.6 is 11.6 Å². The molecule has 0 aliphatic heterocycles. The summed E-state index contributed by atoms with van der Waals surface area (Å²) in [5, 5.41) is 16.3. The van der Waals surface area contributed by atoms with E-state index in [4.69, 9.17) is 11.6 Å². The molecular weight excluding hydrogens is 446 g/mol. The summed E-state index contributed by atoms with van der Waals surface area (Å²) >= 11 is 5.98. The van der Waals surface area contributed by atoms with Gasteiger partial charge in [-0.3, -0.25) is 19.1 Å². The fourth-order valence-corrected chi connectivity index (χ4v) is 3.00. The van der Waals surface area contributed by atoms with Crippen LogP contribution in [0.25, 0.3) is 0 Å². The van der Waals surface area contributed by atoms with Gasteiger partial charge in [-0.2, -0.15) is 13.5 Å². The molecule has 3 aromatic heterocycles. The van der Waals surface area contributed by atoms with E-state index in [9.17, 15) is 23.6 Å². The summed E-state index contributed by atoms with van der Waals surface area (Å²) < 4.78 is 29.7. The molecule has 9 nitrogen and oxygen atoms in total. The number of carbonyl (C=O) groups excluding carboxylic acids is 1. The minimum atomic E-state index is -3.58. The van der Waals surface area contributed by atoms with Crippen molar-refractivity contribution >= 4 is 23.3 Å². The topological polar surface area (TPSA) is 116 Å². The maximum absolute atomic E-state index is 14.4. The third kappa shape index (κ3) is 5.35. The van der Waals surface area contributed by atoms with Crippen LogP contribution in [0, 0.1) is 12.1 Å². The molecule has 0 saturated carbocycles. The molecule has 0 atom stereocenters. The van der Waals surface area contributed by atoms with Crippen LogP contribution in [0.5, 0.6) is 0 Å². The monoisotopic (exact) mass is 464 g/mol. The van der Waals surface area contributed by atoms with Crippen molar-refractivity contribution in [2.75, 3.05) is 11.9 Å². The molecule has 32 heavy (non-hydrogen) atoms. The third-order valence-electron chi connectivity index (χ3n) is 4.56. The van der Waals surface area contributed by atoms with E-state index in [1.54, 1.807) is 12.3 Å². The number of aromatic nitrogens is 4. The number of anilines is 1. The molecule has 1 amide bonds. The number of halogens is 3. The summed E-state index contributed by atoms with van der Waals surface area (Å²) in [7, 11) is 0. The molecule has 3 heterocycles. The second-order valence-corrected chi connectivity index (χ2v) is 7.22. The first-order valence-electron chi connectivity index (χ1n) is 9.42. The molecule has 0 fully saturated rings. The maximum Gasteiger partial charge on any atom is 0.347 e. The second kappa shape index (κ2) is 9.69. The van der Waals surface area contributed by atoms with Crippen LogP contribution in [-0.2, 0) is 23.8 Å². The largest absolute Gasteiger partial charge is 0.618 e. The predicted octanol–water partition coefficient (Wildman–Crippen LogP) is 1.75. The highest BCUT2D eigenvalue weighted by atomic mass is 35.5. The summed E-state index contributed by atoms with van der Waals surface area (Å²) in [6.07, 6.45) is 3.61. The zero-order valence-corrected chi connectivity index (χ0v) is 17.6. The van der Waals surface area contributed by atoms with Gasteiger partial charge in [0, 0.05) is 18.3 Å². The number of alkyl halides is 2. The van der Waals surface area contributed by atoms with Crippen molar-refractivity contribution in [3.05, 3.63) is 86.6 Å². The van der Waals surface area contributed by atoms with Gasteiger partial charge in [-0.15, -0.1) is 0 Å². The average Bonchev–Trinajstić information content (AvgIpc) is 2.75. The van der Waals surface area contributed by atoms with Gasteiger partial charge in [0.1, 0.15) is 11.7 Å². The van der Waals surface area contributed by atoms with E-state index in [0.29, 0.717) is 5.69 Å². The van der Waals surface area contributed by atoms with Gasteiger partial charge in [-0.05, 0) is 24.6 Å². The predicted molar refractivity (Wildman–Crippen MR) is 112 cm³/mol. The van der Waals surface area contributed by atoms with E-state index in [-0.39, 0.29) is 16.4 Å². The molecule has 12 heteroatoms. The Bertz CT molecular complexity index is 1190. The lowest BCUT2D eigenvalue weighted by atomic mass is 10.2. The molecule has 168 valence electrons. The molecule has 0 aliphatic carbocycles. The van der Waals surface area contributed by atoms with Gasteiger partial charge in [0.05, 0.1) is 25.0 Å². The van der Waals surface area contributed by atoms with Crippen LogP contribution in [0.2, 0.25) is 5.15 Å². The third-order valence-corrected chi connectivity index (χ3v) is 4.86. The SMILES string of the molecule is Cc1cccnc1CNC(=O)Cn1c(Cl)cnc(NCC(F)(F)c2cccc[n+]2[O-])c1=O. The van der Waals surface area contributed by atoms with Gasteiger partial charge < -0.3 is 15.8 Å². The molecule has 3 rings (SSSR count). The lowest BCUT2D eigenvalue weighted by molar-refractivity contribution is -0.624. The van der Waals surface area contributed by atoms with Crippen LogP contribution in [0.15, 0.2) is 53.7 Å². The normalized spacial score (nSPS) is 11.2. The lowest BCUT2D eigenvalue weighted by Gasteiger charge is -2.17. The standard InChI is InChI=1S/C20H19ClF2N6O3/c1-13-5-4-7-24-14(13)9-25-17(30)11-28-16(21)10-26-18(19(28)31)27-12-20(22,23)15-6-2-3-8-29(15)32/h2-8,10H,9,11-12H2,1H3,(H,25,30)(H,26,27). The van der Waals surface area contributed by atoms with Gasteiger partial charge in [0.2, 0.25) is 5.91 Å². The molecule has 2 N–H and O–H groups in total. The van der Waals surface area contributed by atoms with Crippen LogP contribution in [0.3, 0.4) is 0 Å². The van der Waals surface area contributed by atoms with E-state index in [0.717, 1.165) is 28.6 Å². The highest BCUT2D eigenvalue weighted by Crippen LogP contribution is 2.25. The molecular formula is C20H19ClF2N6O3. The van der Waals surface area contributed by atoms with Crippen LogP contribution in [0.1, 0.15) is 17.0 Å². The van der Waals surface area contributed by atoms with E-state index < -0.39 is 42.0 Å². The van der Waals surface area contributed by atoms with Crippen molar-refractivity contribution in [3.8, 4) is 0 Å². The van der Waals surface area contributed by atoms with Gasteiger partial charge in [0.15, 0.2) is 12.0 Å². The zero-order valence-electron chi connectivity index (χ0n) is 16.9. The summed E-state index contributed by atoms with van der Waals surface area (Å²) in [6.45, 7) is 0.480. The Morgan fingerprint density at radius 2 is 2.06 bits per heavy atom. The van der Waals surface area contributed by atoms with E-state index >= 15 is 0 Å². The summed E-state index contributed by atoms with van der Waals surface area (Å²) in [6, 6.07) is 7.21. The van der Waals surface area contributed by atoms with Gasteiger partial charge in [-0.25, -0.2) is 4.98 Å². The quantitative estimate of drug-likeness (QED) is 0.387. The number of hydrogen-bond acceptors (Lipinski definition) is 6. The smallest absolute Gasteiger partial charge is 0.347 e. The molecule has 0 bridgehead atoms. The number of hydrogen-bond donors (Lipinski definition) is 2. The van der Waals surface area contributed by atoms with Crippen molar-refractivity contribution < 1.29 is 18.3 Å². The number of nitrogens with zero attached hydrogens (tertiary/aromatic N) is 4. The number of aryl methyl sites for hydroxylation is 1. The second-order valence-electron chi connectivity index (χ2n) is 6.83. The van der Waals surface area contributed by atoms with Crippen molar-refractivity contribution in [2.45, 2.75) is 25.9 Å². The molecule has 0 saturated heterocycles. The first-order chi connectivity index (χ1) is 15.2. The Balaban J connectivity index is 1.70. The van der Waals surface area contributed by atoms with Crippen molar-refractivity contribution in [2.24, 2.45) is 0 Å². The first kappa shape index (κ1) is 23.1. The Labute approximate surface area is 186 Å². The molecule has 0 aromatic carbocycles. The van der Waals surface area contributed by atoms with Gasteiger partial charge >= 0.3 is 5.92 Å². The fraction of sp³-hybridized carbons (Fsp3) is 0.250. The number of amides is 1. The van der Waals surface area contributed by atoms with Gasteiger partial charge in [0.25, 0.3) is 11.3 Å². The van der Waals surface area contributed by atoms with Crippen LogP contribution in [0.4, 0.5) is 14.6 Å². The van der Waals surface area contributed by atoms with Gasteiger partial charge in [-0.1, -0.05) is 17.7 Å². The van der Waals surface area contributed by atoms with E-state index in [2.05, 4.69) is 20.6 Å². The number of pyridine rings is 2.